The molecule has 3 aliphatic heterocycles. The molecule has 106 valence electrons. The highest BCUT2D eigenvalue weighted by molar-refractivity contribution is 6.31. The van der Waals surface area contributed by atoms with Gasteiger partial charge in [-0.1, -0.05) is 11.6 Å². The molecule has 1 aromatic heterocycles. The fourth-order valence-corrected chi connectivity index (χ4v) is 3.68. The lowest BCUT2D eigenvalue weighted by atomic mass is 9.97. The molecular formula is C13H22ClN5. The van der Waals surface area contributed by atoms with Gasteiger partial charge in [0.25, 0.3) is 0 Å². The van der Waals surface area contributed by atoms with Crippen molar-refractivity contribution in [2.24, 2.45) is 0 Å². The Morgan fingerprint density at radius 1 is 1.42 bits per heavy atom. The summed E-state index contributed by atoms with van der Waals surface area (Å²) in [5, 5.41) is 8.61. The van der Waals surface area contributed by atoms with Crippen LogP contribution in [0.15, 0.2) is 6.20 Å². The van der Waals surface area contributed by atoms with Crippen molar-refractivity contribution in [1.82, 2.24) is 24.9 Å². The number of piperazine rings is 3. The number of aryl methyl sites for hydroxylation is 1. The minimum Gasteiger partial charge on any atom is -0.310 e. The predicted octanol–water partition coefficient (Wildman–Crippen LogP) is 0.817. The quantitative estimate of drug-likeness (QED) is 0.888. The van der Waals surface area contributed by atoms with Gasteiger partial charge in [0.05, 0.1) is 23.0 Å². The van der Waals surface area contributed by atoms with E-state index in [0.717, 1.165) is 23.8 Å². The third-order valence-corrected chi connectivity index (χ3v) is 4.74. The van der Waals surface area contributed by atoms with Gasteiger partial charge in [-0.05, 0) is 14.0 Å². The third-order valence-electron chi connectivity index (χ3n) is 4.44. The summed E-state index contributed by atoms with van der Waals surface area (Å²) in [5.74, 6) is 0. The number of halogens is 1. The molecule has 2 bridgehead atoms. The van der Waals surface area contributed by atoms with E-state index in [4.69, 9.17) is 11.6 Å². The Hall–Kier alpha value is -0.620. The van der Waals surface area contributed by atoms with Crippen molar-refractivity contribution in [3.05, 3.63) is 16.9 Å². The second-order valence-electron chi connectivity index (χ2n) is 5.36. The number of aromatic nitrogens is 2. The molecule has 0 spiro atoms. The van der Waals surface area contributed by atoms with E-state index >= 15 is 0 Å². The maximum Gasteiger partial charge on any atom is 0.0834 e. The molecule has 4 heterocycles. The fraction of sp³-hybridized carbons (Fsp3) is 0.769. The summed E-state index contributed by atoms with van der Waals surface area (Å²) in [6.45, 7) is 8.83. The van der Waals surface area contributed by atoms with Crippen molar-refractivity contribution in [2.75, 3.05) is 39.8 Å². The van der Waals surface area contributed by atoms with Gasteiger partial charge in [0.1, 0.15) is 0 Å². The molecule has 0 saturated carbocycles. The van der Waals surface area contributed by atoms with E-state index < -0.39 is 0 Å². The normalized spacial score (nSPS) is 31.6. The second-order valence-corrected chi connectivity index (χ2v) is 5.77. The molecule has 0 aliphatic carbocycles. The first-order valence-corrected chi connectivity index (χ1v) is 7.47. The van der Waals surface area contributed by atoms with Gasteiger partial charge in [-0.3, -0.25) is 14.5 Å². The second kappa shape index (κ2) is 5.40. The molecule has 19 heavy (non-hydrogen) atoms. The molecule has 3 aliphatic rings. The molecule has 1 N–H and O–H groups in total. The van der Waals surface area contributed by atoms with E-state index in [9.17, 15) is 0 Å². The molecular weight excluding hydrogens is 262 g/mol. The van der Waals surface area contributed by atoms with Crippen molar-refractivity contribution in [3.63, 3.8) is 0 Å². The van der Waals surface area contributed by atoms with E-state index in [1.165, 1.54) is 26.2 Å². The molecule has 0 radical (unpaired) electrons. The number of hydrogen-bond donors (Lipinski definition) is 1. The van der Waals surface area contributed by atoms with Crippen LogP contribution in [0.3, 0.4) is 0 Å². The highest BCUT2D eigenvalue weighted by Gasteiger charge is 2.38. The first-order valence-electron chi connectivity index (χ1n) is 7.09. The summed E-state index contributed by atoms with van der Waals surface area (Å²) in [7, 11) is 2.02. The predicted molar refractivity (Wildman–Crippen MR) is 76.5 cm³/mol. The van der Waals surface area contributed by atoms with Crippen LogP contribution < -0.4 is 5.32 Å². The minimum absolute atomic E-state index is 0.248. The molecule has 4 rings (SSSR count). The van der Waals surface area contributed by atoms with Crippen LogP contribution in [-0.2, 0) is 6.54 Å². The summed E-state index contributed by atoms with van der Waals surface area (Å²) in [4.78, 5) is 5.14. The van der Waals surface area contributed by atoms with Gasteiger partial charge in [-0.25, -0.2) is 0 Å². The zero-order valence-corrected chi connectivity index (χ0v) is 12.4. The van der Waals surface area contributed by atoms with Crippen molar-refractivity contribution in [1.29, 1.82) is 0 Å². The molecule has 0 aromatic carbocycles. The Bertz CT molecular complexity index is 438. The SMILES string of the molecule is CCn1ncc(Cl)c1C(NC)C1CN2CCN1CC2. The van der Waals surface area contributed by atoms with Crippen LogP contribution in [0, 0.1) is 0 Å². The van der Waals surface area contributed by atoms with Gasteiger partial charge in [0, 0.05) is 45.3 Å². The standard InChI is InChI=1S/C13H22ClN5/c1-3-19-13(10(14)8-16-19)12(15-2)11-9-17-4-6-18(11)7-5-17/h8,11-12,15H,3-7,9H2,1-2H3. The van der Waals surface area contributed by atoms with E-state index in [1.54, 1.807) is 6.20 Å². The summed E-state index contributed by atoms with van der Waals surface area (Å²) in [5.41, 5.74) is 1.13. The molecule has 6 heteroatoms. The molecule has 2 unspecified atom stereocenters. The molecule has 3 saturated heterocycles. The third kappa shape index (κ3) is 2.29. The first kappa shape index (κ1) is 13.4. The number of rotatable bonds is 4. The van der Waals surface area contributed by atoms with Crippen LogP contribution in [0.2, 0.25) is 5.02 Å². The average Bonchev–Trinajstić information content (AvgIpc) is 2.83. The number of nitrogens with one attached hydrogen (secondary N) is 1. The van der Waals surface area contributed by atoms with Crippen LogP contribution >= 0.6 is 11.6 Å². The van der Waals surface area contributed by atoms with Gasteiger partial charge < -0.3 is 5.32 Å². The maximum atomic E-state index is 6.36. The summed E-state index contributed by atoms with van der Waals surface area (Å²) in [6.07, 6.45) is 1.77. The lowest BCUT2D eigenvalue weighted by Crippen LogP contribution is -2.63. The average molecular weight is 284 g/mol. The smallest absolute Gasteiger partial charge is 0.0834 e. The van der Waals surface area contributed by atoms with Crippen molar-refractivity contribution < 1.29 is 0 Å². The molecule has 3 fully saturated rings. The molecule has 5 nitrogen and oxygen atoms in total. The highest BCUT2D eigenvalue weighted by Crippen LogP contribution is 2.31. The van der Waals surface area contributed by atoms with Crippen molar-refractivity contribution in [3.8, 4) is 0 Å². The Labute approximate surface area is 119 Å². The summed E-state index contributed by atoms with van der Waals surface area (Å²) >= 11 is 6.36. The van der Waals surface area contributed by atoms with Crippen LogP contribution in [0.1, 0.15) is 18.7 Å². The largest absolute Gasteiger partial charge is 0.310 e. The molecule has 0 amide bonds. The van der Waals surface area contributed by atoms with Gasteiger partial charge in [0.15, 0.2) is 0 Å². The zero-order valence-electron chi connectivity index (χ0n) is 11.6. The molecule has 2 atom stereocenters. The Kier molecular flexibility index (Phi) is 3.80. The number of nitrogens with zero attached hydrogens (tertiary/aromatic N) is 4. The van der Waals surface area contributed by atoms with E-state index in [0.29, 0.717) is 6.04 Å². The van der Waals surface area contributed by atoms with Gasteiger partial charge in [-0.15, -0.1) is 0 Å². The number of likely N-dealkylation sites (N-methyl/N-ethyl adjacent to an activating group) is 1. The van der Waals surface area contributed by atoms with Gasteiger partial charge in [0.2, 0.25) is 0 Å². The number of fused-ring (bicyclic) bond motifs is 3. The minimum atomic E-state index is 0.248. The topological polar surface area (TPSA) is 36.3 Å². The highest BCUT2D eigenvalue weighted by atomic mass is 35.5. The van der Waals surface area contributed by atoms with Crippen molar-refractivity contribution >= 4 is 11.6 Å². The van der Waals surface area contributed by atoms with E-state index in [-0.39, 0.29) is 6.04 Å². The summed E-state index contributed by atoms with van der Waals surface area (Å²) < 4.78 is 2.02. The van der Waals surface area contributed by atoms with Crippen molar-refractivity contribution in [2.45, 2.75) is 25.6 Å². The lowest BCUT2D eigenvalue weighted by Gasteiger charge is -2.50. The Balaban J connectivity index is 1.90. The fourth-order valence-electron chi connectivity index (χ4n) is 3.42. The summed E-state index contributed by atoms with van der Waals surface area (Å²) in [6, 6.07) is 0.741. The monoisotopic (exact) mass is 283 g/mol. The van der Waals surface area contributed by atoms with Crippen LogP contribution in [0.5, 0.6) is 0 Å². The first-order chi connectivity index (χ1) is 9.24. The Morgan fingerprint density at radius 2 is 2.16 bits per heavy atom. The zero-order chi connectivity index (χ0) is 13.4. The van der Waals surface area contributed by atoms with Crippen LogP contribution in [-0.4, -0.2) is 65.4 Å². The lowest BCUT2D eigenvalue weighted by molar-refractivity contribution is -0.00378. The van der Waals surface area contributed by atoms with E-state index in [1.807, 2.05) is 11.7 Å². The number of hydrogen-bond acceptors (Lipinski definition) is 4. The van der Waals surface area contributed by atoms with Gasteiger partial charge in [-0.2, -0.15) is 5.10 Å². The van der Waals surface area contributed by atoms with E-state index in [2.05, 4.69) is 27.1 Å². The Morgan fingerprint density at radius 3 is 2.68 bits per heavy atom. The maximum absolute atomic E-state index is 6.36. The van der Waals surface area contributed by atoms with Gasteiger partial charge >= 0.3 is 0 Å². The van der Waals surface area contributed by atoms with Crippen LogP contribution in [0.4, 0.5) is 0 Å². The molecule has 1 aromatic rings. The van der Waals surface area contributed by atoms with Crippen LogP contribution in [0.25, 0.3) is 0 Å².